The number of nitrogens with zero attached hydrogens (tertiary/aromatic N) is 2. The molecule has 5 heteroatoms. The second-order valence-electron chi connectivity index (χ2n) is 5.58. The van der Waals surface area contributed by atoms with Crippen molar-refractivity contribution in [2.45, 2.75) is 33.2 Å². The van der Waals surface area contributed by atoms with Gasteiger partial charge in [-0.1, -0.05) is 6.08 Å². The van der Waals surface area contributed by atoms with Gasteiger partial charge in [0, 0.05) is 23.8 Å². The number of ketones is 1. The quantitative estimate of drug-likeness (QED) is 0.357. The molecule has 0 unspecified atom stereocenters. The van der Waals surface area contributed by atoms with Crippen molar-refractivity contribution in [1.82, 2.24) is 0 Å². The molecule has 1 rings (SSSR count). The normalized spacial score (nSPS) is 11.0. The second kappa shape index (κ2) is 5.86. The highest BCUT2D eigenvalue weighted by Gasteiger charge is 2.24. The fourth-order valence-corrected chi connectivity index (χ4v) is 2.03. The van der Waals surface area contributed by atoms with Crippen molar-refractivity contribution in [3.05, 3.63) is 46.5 Å². The predicted octanol–water partition coefficient (Wildman–Crippen LogP) is 3.59. The first kappa shape index (κ1) is 15.9. The number of nitro benzene ring substituents is 1. The van der Waals surface area contributed by atoms with Crippen LogP contribution in [0.3, 0.4) is 0 Å². The van der Waals surface area contributed by atoms with Crippen molar-refractivity contribution in [3.63, 3.8) is 0 Å². The number of benzene rings is 1. The van der Waals surface area contributed by atoms with Gasteiger partial charge in [0.1, 0.15) is 0 Å². The molecule has 0 fully saturated rings. The summed E-state index contributed by atoms with van der Waals surface area (Å²) >= 11 is 0. The topological polar surface area (TPSA) is 63.5 Å². The maximum Gasteiger partial charge on any atom is 0.282 e. The highest BCUT2D eigenvalue weighted by molar-refractivity contribution is 5.98. The number of hydrogen-bond donors (Lipinski definition) is 0. The zero-order chi connectivity index (χ0) is 15.5. The number of Topliss-reactive ketones (excluding diaryl/α,β-unsaturated/α-hetero) is 1. The molecule has 0 spiro atoms. The maximum atomic E-state index is 11.4. The van der Waals surface area contributed by atoms with Gasteiger partial charge in [0.05, 0.1) is 10.5 Å². The van der Waals surface area contributed by atoms with Crippen LogP contribution in [0, 0.1) is 10.1 Å². The predicted molar refractivity (Wildman–Crippen MR) is 80.4 cm³/mol. The van der Waals surface area contributed by atoms with Crippen molar-refractivity contribution in [3.8, 4) is 0 Å². The standard InChI is InChI=1S/C15H20N2O3/c1-6-9-16(15(3,4)5)12-7-8-13(11(2)18)14(10-12)17(19)20/h6-8,10H,1,9H2,2-5H3. The van der Waals surface area contributed by atoms with Crippen molar-refractivity contribution < 1.29 is 9.72 Å². The molecule has 0 saturated carbocycles. The third-order valence-electron chi connectivity index (χ3n) is 2.99. The van der Waals surface area contributed by atoms with Gasteiger partial charge in [0.2, 0.25) is 0 Å². The molecule has 108 valence electrons. The molecule has 0 atom stereocenters. The van der Waals surface area contributed by atoms with Crippen LogP contribution in [0.2, 0.25) is 0 Å². The van der Waals surface area contributed by atoms with Gasteiger partial charge in [0.25, 0.3) is 5.69 Å². The minimum absolute atomic E-state index is 0.131. The van der Waals surface area contributed by atoms with E-state index in [2.05, 4.69) is 6.58 Å². The van der Waals surface area contributed by atoms with Crippen molar-refractivity contribution in [2.75, 3.05) is 11.4 Å². The number of anilines is 1. The lowest BCUT2D eigenvalue weighted by Gasteiger charge is -2.37. The summed E-state index contributed by atoms with van der Waals surface area (Å²) in [5.41, 5.74) is 0.466. The first-order valence-electron chi connectivity index (χ1n) is 6.36. The summed E-state index contributed by atoms with van der Waals surface area (Å²) in [5.74, 6) is -0.311. The Morgan fingerprint density at radius 1 is 1.45 bits per heavy atom. The Morgan fingerprint density at radius 2 is 2.05 bits per heavy atom. The molecule has 0 aliphatic rings. The van der Waals surface area contributed by atoms with Crippen LogP contribution in [0.5, 0.6) is 0 Å². The van der Waals surface area contributed by atoms with E-state index in [-0.39, 0.29) is 22.6 Å². The van der Waals surface area contributed by atoms with E-state index in [0.717, 1.165) is 0 Å². The Labute approximate surface area is 119 Å². The van der Waals surface area contributed by atoms with Crippen LogP contribution in [0.1, 0.15) is 38.1 Å². The molecule has 5 nitrogen and oxygen atoms in total. The summed E-state index contributed by atoms with van der Waals surface area (Å²) in [5, 5.41) is 11.1. The van der Waals surface area contributed by atoms with Gasteiger partial charge >= 0.3 is 0 Å². The molecular weight excluding hydrogens is 256 g/mol. The molecule has 1 aromatic rings. The number of hydrogen-bond acceptors (Lipinski definition) is 4. The first-order chi connectivity index (χ1) is 9.18. The van der Waals surface area contributed by atoms with E-state index >= 15 is 0 Å². The monoisotopic (exact) mass is 276 g/mol. The zero-order valence-electron chi connectivity index (χ0n) is 12.3. The van der Waals surface area contributed by atoms with Crippen molar-refractivity contribution in [1.29, 1.82) is 0 Å². The number of nitro groups is 1. The molecule has 0 radical (unpaired) electrons. The summed E-state index contributed by atoms with van der Waals surface area (Å²) in [4.78, 5) is 24.0. The molecule has 0 aliphatic heterocycles. The third kappa shape index (κ3) is 3.44. The fraction of sp³-hybridized carbons (Fsp3) is 0.400. The van der Waals surface area contributed by atoms with Gasteiger partial charge in [-0.05, 0) is 39.8 Å². The lowest BCUT2D eigenvalue weighted by molar-refractivity contribution is -0.385. The summed E-state index contributed by atoms with van der Waals surface area (Å²) in [6, 6.07) is 4.70. The second-order valence-corrected chi connectivity index (χ2v) is 5.58. The highest BCUT2D eigenvalue weighted by atomic mass is 16.6. The molecular formula is C15H20N2O3. The molecule has 0 aliphatic carbocycles. The molecule has 20 heavy (non-hydrogen) atoms. The average molecular weight is 276 g/mol. The van der Waals surface area contributed by atoms with Crippen LogP contribution in [0.25, 0.3) is 0 Å². The molecule has 0 heterocycles. The fourth-order valence-electron chi connectivity index (χ4n) is 2.03. The van der Waals surface area contributed by atoms with Gasteiger partial charge in [0.15, 0.2) is 5.78 Å². The first-order valence-corrected chi connectivity index (χ1v) is 6.36. The van der Waals surface area contributed by atoms with Crippen LogP contribution in [-0.2, 0) is 0 Å². The minimum Gasteiger partial charge on any atom is -0.363 e. The van der Waals surface area contributed by atoms with E-state index in [1.54, 1.807) is 12.1 Å². The van der Waals surface area contributed by atoms with E-state index in [0.29, 0.717) is 12.2 Å². The molecule has 0 N–H and O–H groups in total. The van der Waals surface area contributed by atoms with E-state index in [4.69, 9.17) is 0 Å². The Kier molecular flexibility index (Phi) is 4.65. The van der Waals surface area contributed by atoms with Gasteiger partial charge in [-0.15, -0.1) is 6.58 Å². The lowest BCUT2D eigenvalue weighted by atomic mass is 10.0. The largest absolute Gasteiger partial charge is 0.363 e. The third-order valence-corrected chi connectivity index (χ3v) is 2.99. The van der Waals surface area contributed by atoms with E-state index in [1.165, 1.54) is 19.1 Å². The number of carbonyl (C=O) groups excluding carboxylic acids is 1. The molecule has 0 saturated heterocycles. The van der Waals surface area contributed by atoms with E-state index < -0.39 is 4.92 Å². The smallest absolute Gasteiger partial charge is 0.282 e. The molecule has 0 bridgehead atoms. The maximum absolute atomic E-state index is 11.4. The van der Waals surface area contributed by atoms with Crippen molar-refractivity contribution in [2.24, 2.45) is 0 Å². The molecule has 0 aromatic heterocycles. The Bertz CT molecular complexity index is 545. The summed E-state index contributed by atoms with van der Waals surface area (Å²) in [7, 11) is 0. The summed E-state index contributed by atoms with van der Waals surface area (Å²) in [6.07, 6.45) is 1.75. The Morgan fingerprint density at radius 3 is 2.45 bits per heavy atom. The Hall–Kier alpha value is -2.17. The van der Waals surface area contributed by atoms with Gasteiger partial charge in [-0.25, -0.2) is 0 Å². The summed E-state index contributed by atoms with van der Waals surface area (Å²) in [6.45, 7) is 11.7. The van der Waals surface area contributed by atoms with Crippen LogP contribution in [0.15, 0.2) is 30.9 Å². The van der Waals surface area contributed by atoms with E-state index in [9.17, 15) is 14.9 Å². The highest BCUT2D eigenvalue weighted by Crippen LogP contribution is 2.30. The number of carbonyl (C=O) groups is 1. The van der Waals surface area contributed by atoms with Crippen LogP contribution in [0.4, 0.5) is 11.4 Å². The van der Waals surface area contributed by atoms with Crippen LogP contribution >= 0.6 is 0 Å². The average Bonchev–Trinajstić information content (AvgIpc) is 2.33. The van der Waals surface area contributed by atoms with Crippen LogP contribution < -0.4 is 4.90 Å². The minimum atomic E-state index is -0.519. The van der Waals surface area contributed by atoms with Gasteiger partial charge in [-0.2, -0.15) is 0 Å². The van der Waals surface area contributed by atoms with Gasteiger partial charge in [-0.3, -0.25) is 14.9 Å². The SMILES string of the molecule is C=CCN(c1ccc(C(C)=O)c([N+](=O)[O-])c1)C(C)(C)C. The van der Waals surface area contributed by atoms with E-state index in [1.807, 2.05) is 25.7 Å². The van der Waals surface area contributed by atoms with Gasteiger partial charge < -0.3 is 4.90 Å². The summed E-state index contributed by atoms with van der Waals surface area (Å²) < 4.78 is 0. The lowest BCUT2D eigenvalue weighted by Crippen LogP contribution is -2.41. The zero-order valence-corrected chi connectivity index (χ0v) is 12.3. The van der Waals surface area contributed by atoms with Crippen LogP contribution in [-0.4, -0.2) is 22.8 Å². The van der Waals surface area contributed by atoms with Crippen molar-refractivity contribution >= 4 is 17.2 Å². The molecule has 1 aromatic carbocycles. The number of rotatable bonds is 5. The Balaban J connectivity index is 3.39. The molecule has 0 amide bonds.